The van der Waals surface area contributed by atoms with E-state index in [9.17, 15) is 9.90 Å². The van der Waals surface area contributed by atoms with E-state index in [0.29, 0.717) is 39.5 Å². The number of anilines is 3. The molecule has 10 heteroatoms. The Hall–Kier alpha value is -4.57. The van der Waals surface area contributed by atoms with Crippen LogP contribution >= 0.6 is 0 Å². The molecule has 1 aliphatic rings. The van der Waals surface area contributed by atoms with Crippen LogP contribution in [0.4, 0.5) is 21.8 Å². The third-order valence-corrected chi connectivity index (χ3v) is 6.37. The van der Waals surface area contributed by atoms with Gasteiger partial charge in [0.1, 0.15) is 11.6 Å². The minimum atomic E-state index is -0.533. The Balaban J connectivity index is 1.47. The first-order valence-electron chi connectivity index (χ1n) is 11.5. The Bertz CT molecular complexity index is 1660. The number of pyridine rings is 1. The molecule has 180 valence electrons. The van der Waals surface area contributed by atoms with Crippen LogP contribution in [0, 0.1) is 5.82 Å². The highest BCUT2D eigenvalue weighted by atomic mass is 19.1. The number of fused-ring (bicyclic) bond motifs is 1. The molecule has 0 spiro atoms. The molecule has 0 amide bonds. The van der Waals surface area contributed by atoms with Crippen LogP contribution in [0.3, 0.4) is 0 Å². The highest BCUT2D eigenvalue weighted by Crippen LogP contribution is 2.41. The lowest BCUT2D eigenvalue weighted by Crippen LogP contribution is -2.20. The van der Waals surface area contributed by atoms with Crippen molar-refractivity contribution in [1.29, 1.82) is 0 Å². The van der Waals surface area contributed by atoms with Gasteiger partial charge in [0.15, 0.2) is 0 Å². The quantitative estimate of drug-likeness (QED) is 0.287. The molecular weight excluding hydrogens is 461 g/mol. The van der Waals surface area contributed by atoms with E-state index < -0.39 is 11.4 Å². The van der Waals surface area contributed by atoms with Gasteiger partial charge in [-0.1, -0.05) is 18.2 Å². The molecule has 0 bridgehead atoms. The lowest BCUT2D eigenvalue weighted by molar-refractivity contribution is 0.282. The molecule has 0 radical (unpaired) electrons. The highest BCUT2D eigenvalue weighted by molar-refractivity contribution is 5.84. The van der Waals surface area contributed by atoms with E-state index >= 15 is 4.39 Å². The minimum Gasteiger partial charge on any atom is -0.392 e. The number of nitrogens with one attached hydrogen (secondary N) is 2. The van der Waals surface area contributed by atoms with Gasteiger partial charge in [-0.15, -0.1) is 0 Å². The summed E-state index contributed by atoms with van der Waals surface area (Å²) >= 11 is 0. The number of benzene rings is 2. The number of nitrogen functional groups attached to an aromatic ring is 1. The second-order valence-corrected chi connectivity index (χ2v) is 8.81. The summed E-state index contributed by atoms with van der Waals surface area (Å²) in [6, 6.07) is 11.9. The van der Waals surface area contributed by atoms with Crippen molar-refractivity contribution in [2.45, 2.75) is 25.4 Å². The Morgan fingerprint density at radius 1 is 1.19 bits per heavy atom. The smallest absolute Gasteiger partial charge is 0.265 e. The maximum atomic E-state index is 15.1. The van der Waals surface area contributed by atoms with Gasteiger partial charge in [0, 0.05) is 29.6 Å². The van der Waals surface area contributed by atoms with Crippen LogP contribution in [0.25, 0.3) is 27.7 Å². The molecule has 3 aromatic heterocycles. The average molecular weight is 484 g/mol. The number of rotatable bonds is 6. The Labute approximate surface area is 204 Å². The number of aromatic nitrogens is 5. The summed E-state index contributed by atoms with van der Waals surface area (Å²) in [4.78, 5) is 22.2. The van der Waals surface area contributed by atoms with Crippen LogP contribution in [0.1, 0.15) is 29.9 Å². The van der Waals surface area contributed by atoms with Gasteiger partial charge < -0.3 is 16.2 Å². The number of aromatic amines is 1. The largest absolute Gasteiger partial charge is 0.392 e. The molecule has 1 fully saturated rings. The van der Waals surface area contributed by atoms with E-state index in [1.165, 1.54) is 10.6 Å². The third kappa shape index (κ3) is 3.87. The lowest BCUT2D eigenvalue weighted by Gasteiger charge is -2.16. The predicted octanol–water partition coefficient (Wildman–Crippen LogP) is 4.01. The zero-order valence-corrected chi connectivity index (χ0v) is 19.1. The van der Waals surface area contributed by atoms with Gasteiger partial charge in [0.2, 0.25) is 5.95 Å². The molecule has 9 nitrogen and oxygen atoms in total. The molecule has 0 saturated heterocycles. The normalized spacial score (nSPS) is 13.3. The maximum absolute atomic E-state index is 15.1. The van der Waals surface area contributed by atoms with Crippen molar-refractivity contribution >= 4 is 28.2 Å². The standard InChI is InChI=1S/C26H22FN7O2/c27-20-9-16(14-4-5-14)8-15-6-7-34(25(36)24(15)20)22-3-1-2-18(19(22)13-35)21-10-23(28)33-26(32-21)31-17-11-29-30-12-17/h1-3,6-12,14,35H,4-5,13H2,(H,29,30)(H3,28,31,32,33). The second kappa shape index (κ2) is 8.58. The van der Waals surface area contributed by atoms with Crippen molar-refractivity contribution in [2.24, 2.45) is 0 Å². The maximum Gasteiger partial charge on any atom is 0.265 e. The number of nitrogens with zero attached hydrogens (tertiary/aromatic N) is 4. The Morgan fingerprint density at radius 2 is 2.06 bits per heavy atom. The molecule has 0 aliphatic heterocycles. The number of hydrogen-bond donors (Lipinski definition) is 4. The molecule has 3 heterocycles. The molecule has 5 N–H and O–H groups in total. The summed E-state index contributed by atoms with van der Waals surface area (Å²) in [6.07, 6.45) is 6.91. The number of aliphatic hydroxyl groups is 1. The first kappa shape index (κ1) is 21.9. The first-order chi connectivity index (χ1) is 17.5. The second-order valence-electron chi connectivity index (χ2n) is 8.81. The molecule has 1 saturated carbocycles. The molecular formula is C26H22FN7O2. The van der Waals surface area contributed by atoms with Crippen LogP contribution in [0.5, 0.6) is 0 Å². The summed E-state index contributed by atoms with van der Waals surface area (Å²) in [7, 11) is 0. The van der Waals surface area contributed by atoms with Crippen LogP contribution < -0.4 is 16.6 Å². The minimum absolute atomic E-state index is 0.0223. The summed E-state index contributed by atoms with van der Waals surface area (Å²) in [5, 5.41) is 20.5. The highest BCUT2D eigenvalue weighted by Gasteiger charge is 2.25. The molecule has 0 unspecified atom stereocenters. The molecule has 36 heavy (non-hydrogen) atoms. The molecule has 5 aromatic rings. The van der Waals surface area contributed by atoms with Gasteiger partial charge in [-0.05, 0) is 47.9 Å². The van der Waals surface area contributed by atoms with E-state index in [1.54, 1.807) is 48.9 Å². The van der Waals surface area contributed by atoms with Gasteiger partial charge in [-0.3, -0.25) is 14.5 Å². The summed E-state index contributed by atoms with van der Waals surface area (Å²) < 4.78 is 16.4. The van der Waals surface area contributed by atoms with Gasteiger partial charge in [0.25, 0.3) is 5.56 Å². The van der Waals surface area contributed by atoms with Crippen molar-refractivity contribution < 1.29 is 9.50 Å². The Kier molecular flexibility index (Phi) is 5.23. The van der Waals surface area contributed by atoms with Crippen LogP contribution in [-0.4, -0.2) is 29.8 Å². The molecule has 1 aliphatic carbocycles. The summed E-state index contributed by atoms with van der Waals surface area (Å²) in [5.41, 5.74) is 9.00. The summed E-state index contributed by atoms with van der Waals surface area (Å²) in [5.74, 6) is 0.306. The van der Waals surface area contributed by atoms with Crippen molar-refractivity contribution in [3.63, 3.8) is 0 Å². The fourth-order valence-corrected chi connectivity index (χ4v) is 4.51. The van der Waals surface area contributed by atoms with Crippen molar-refractivity contribution in [3.05, 3.63) is 88.4 Å². The average Bonchev–Trinajstić information content (AvgIpc) is 3.60. The van der Waals surface area contributed by atoms with Crippen molar-refractivity contribution in [3.8, 4) is 16.9 Å². The van der Waals surface area contributed by atoms with Gasteiger partial charge >= 0.3 is 0 Å². The van der Waals surface area contributed by atoms with Crippen LogP contribution in [-0.2, 0) is 6.61 Å². The van der Waals surface area contributed by atoms with E-state index in [0.717, 1.165) is 18.4 Å². The van der Waals surface area contributed by atoms with Crippen molar-refractivity contribution in [1.82, 2.24) is 24.7 Å². The third-order valence-electron chi connectivity index (χ3n) is 6.37. The van der Waals surface area contributed by atoms with Crippen LogP contribution in [0.2, 0.25) is 0 Å². The van der Waals surface area contributed by atoms with Gasteiger partial charge in [-0.25, -0.2) is 9.37 Å². The van der Waals surface area contributed by atoms with E-state index in [-0.39, 0.29) is 23.8 Å². The number of H-pyrrole nitrogens is 1. The Morgan fingerprint density at radius 3 is 2.81 bits per heavy atom. The SMILES string of the molecule is Nc1cc(-c2cccc(-n3ccc4cc(C5CC5)cc(F)c4c3=O)c2CO)nc(Nc2cn[nH]c2)n1. The van der Waals surface area contributed by atoms with E-state index in [4.69, 9.17) is 5.73 Å². The number of halogens is 1. The zero-order valence-electron chi connectivity index (χ0n) is 19.1. The summed E-state index contributed by atoms with van der Waals surface area (Å²) in [6.45, 7) is -0.381. The van der Waals surface area contributed by atoms with E-state index in [2.05, 4.69) is 25.5 Å². The van der Waals surface area contributed by atoms with Crippen LogP contribution in [0.15, 0.2) is 65.8 Å². The van der Waals surface area contributed by atoms with Gasteiger partial charge in [0.05, 0.1) is 35.3 Å². The molecule has 6 rings (SSSR count). The first-order valence-corrected chi connectivity index (χ1v) is 11.5. The van der Waals surface area contributed by atoms with Gasteiger partial charge in [-0.2, -0.15) is 10.1 Å². The monoisotopic (exact) mass is 483 g/mol. The number of nitrogens with two attached hydrogens (primary N) is 1. The van der Waals surface area contributed by atoms with E-state index in [1.807, 2.05) is 6.07 Å². The number of aliphatic hydroxyl groups excluding tert-OH is 1. The lowest BCUT2D eigenvalue weighted by atomic mass is 10.0. The fourth-order valence-electron chi connectivity index (χ4n) is 4.51. The molecule has 0 atom stereocenters. The zero-order chi connectivity index (χ0) is 24.8. The fraction of sp³-hybridized carbons (Fsp3) is 0.154. The van der Waals surface area contributed by atoms with Crippen molar-refractivity contribution in [2.75, 3.05) is 11.1 Å². The molecule has 2 aromatic carbocycles. The predicted molar refractivity (Wildman–Crippen MR) is 135 cm³/mol. The number of hydrogen-bond acceptors (Lipinski definition) is 7. The topological polar surface area (TPSA) is 135 Å².